The van der Waals surface area contributed by atoms with Crippen molar-refractivity contribution in [3.05, 3.63) is 46.5 Å². The van der Waals surface area contributed by atoms with E-state index in [1.807, 2.05) is 31.2 Å². The number of hydrogen-bond acceptors (Lipinski definition) is 4. The Labute approximate surface area is 141 Å². The van der Waals surface area contributed by atoms with Gasteiger partial charge in [-0.15, -0.1) is 11.3 Å². The van der Waals surface area contributed by atoms with Crippen LogP contribution in [0.3, 0.4) is 0 Å². The topological polar surface area (TPSA) is 45.2 Å². The lowest BCUT2D eigenvalue weighted by molar-refractivity contribution is -0.115. The van der Waals surface area contributed by atoms with Crippen molar-refractivity contribution in [2.45, 2.75) is 39.2 Å². The van der Waals surface area contributed by atoms with E-state index in [4.69, 9.17) is 0 Å². The smallest absolute Gasteiger partial charge is 0.230 e. The van der Waals surface area contributed by atoms with Gasteiger partial charge in [-0.25, -0.2) is 4.98 Å². The van der Waals surface area contributed by atoms with Crippen LogP contribution in [0.15, 0.2) is 29.6 Å². The number of anilines is 1. The van der Waals surface area contributed by atoms with Gasteiger partial charge >= 0.3 is 0 Å². The Morgan fingerprint density at radius 1 is 1.22 bits per heavy atom. The quantitative estimate of drug-likeness (QED) is 0.911. The molecule has 0 saturated carbocycles. The fraction of sp³-hybridized carbons (Fsp3) is 0.444. The molecule has 2 heterocycles. The third kappa shape index (κ3) is 4.88. The summed E-state index contributed by atoms with van der Waals surface area (Å²) in [6.45, 7) is 5.26. The molecular formula is C18H23N3OS. The van der Waals surface area contributed by atoms with Gasteiger partial charge in [0.25, 0.3) is 0 Å². The van der Waals surface area contributed by atoms with Crippen LogP contribution in [0.4, 0.5) is 5.13 Å². The predicted molar refractivity (Wildman–Crippen MR) is 94.8 cm³/mol. The van der Waals surface area contributed by atoms with E-state index in [0.29, 0.717) is 11.6 Å². The minimum absolute atomic E-state index is 0.00674. The number of carbonyl (C=O) groups is 1. The number of benzene rings is 1. The van der Waals surface area contributed by atoms with Gasteiger partial charge in [0.15, 0.2) is 5.13 Å². The first-order valence-electron chi connectivity index (χ1n) is 8.21. The second-order valence-corrected chi connectivity index (χ2v) is 7.05. The number of hydrogen-bond donors (Lipinski definition) is 1. The monoisotopic (exact) mass is 329 g/mol. The van der Waals surface area contributed by atoms with Crippen LogP contribution >= 0.6 is 11.3 Å². The molecular weight excluding hydrogens is 306 g/mol. The van der Waals surface area contributed by atoms with Crippen LogP contribution in [0.1, 0.15) is 36.1 Å². The highest BCUT2D eigenvalue weighted by molar-refractivity contribution is 7.13. The minimum Gasteiger partial charge on any atom is -0.302 e. The van der Waals surface area contributed by atoms with Crippen LogP contribution in [0.2, 0.25) is 0 Å². The molecule has 1 N–H and O–H groups in total. The summed E-state index contributed by atoms with van der Waals surface area (Å²) in [6.07, 6.45) is 4.30. The second kappa shape index (κ2) is 7.70. The van der Waals surface area contributed by atoms with E-state index in [2.05, 4.69) is 20.6 Å². The zero-order valence-electron chi connectivity index (χ0n) is 13.5. The standard InChI is InChI=1S/C18H23N3OS/c1-14-5-7-15(8-6-14)11-17(22)20-18-19-16(13-23-18)12-21-9-3-2-4-10-21/h5-8,13H,2-4,9-12H2,1H3,(H,19,20,22). The average molecular weight is 329 g/mol. The van der Waals surface area contributed by atoms with Crippen molar-refractivity contribution in [2.24, 2.45) is 0 Å². The van der Waals surface area contributed by atoms with E-state index >= 15 is 0 Å². The van der Waals surface area contributed by atoms with Crippen LogP contribution in [-0.2, 0) is 17.8 Å². The van der Waals surface area contributed by atoms with Crippen LogP contribution in [0.25, 0.3) is 0 Å². The van der Waals surface area contributed by atoms with Crippen molar-refractivity contribution in [1.29, 1.82) is 0 Å². The number of rotatable bonds is 5. The van der Waals surface area contributed by atoms with Crippen molar-refractivity contribution in [2.75, 3.05) is 18.4 Å². The first kappa shape index (κ1) is 16.1. The van der Waals surface area contributed by atoms with Gasteiger partial charge in [-0.2, -0.15) is 0 Å². The molecule has 0 atom stereocenters. The number of aromatic nitrogens is 1. The number of piperidine rings is 1. The number of nitrogens with zero attached hydrogens (tertiary/aromatic N) is 2. The fourth-order valence-electron chi connectivity index (χ4n) is 2.84. The van der Waals surface area contributed by atoms with Crippen molar-refractivity contribution in [3.8, 4) is 0 Å². The molecule has 1 saturated heterocycles. The molecule has 0 bridgehead atoms. The maximum Gasteiger partial charge on any atom is 0.230 e. The minimum atomic E-state index is -0.00674. The van der Waals surface area contributed by atoms with Gasteiger partial charge in [-0.05, 0) is 38.4 Å². The Kier molecular flexibility index (Phi) is 5.41. The zero-order chi connectivity index (χ0) is 16.1. The maximum absolute atomic E-state index is 12.1. The Morgan fingerprint density at radius 3 is 2.70 bits per heavy atom. The lowest BCUT2D eigenvalue weighted by Crippen LogP contribution is -2.29. The lowest BCUT2D eigenvalue weighted by atomic mass is 10.1. The molecule has 0 unspecified atom stereocenters. The first-order chi connectivity index (χ1) is 11.2. The van der Waals surface area contributed by atoms with Crippen LogP contribution in [0.5, 0.6) is 0 Å². The molecule has 0 aliphatic carbocycles. The summed E-state index contributed by atoms with van der Waals surface area (Å²) in [6, 6.07) is 8.06. The Balaban J connectivity index is 1.51. The van der Waals surface area contributed by atoms with E-state index in [-0.39, 0.29) is 5.91 Å². The van der Waals surface area contributed by atoms with Gasteiger partial charge in [0.05, 0.1) is 12.1 Å². The van der Waals surface area contributed by atoms with Crippen LogP contribution in [0, 0.1) is 6.92 Å². The summed E-state index contributed by atoms with van der Waals surface area (Å²) >= 11 is 1.51. The molecule has 3 rings (SSSR count). The molecule has 1 fully saturated rings. The first-order valence-corrected chi connectivity index (χ1v) is 9.09. The molecule has 5 heteroatoms. The number of carbonyl (C=O) groups excluding carboxylic acids is 1. The van der Waals surface area contributed by atoms with Crippen molar-refractivity contribution in [1.82, 2.24) is 9.88 Å². The van der Waals surface area contributed by atoms with Gasteiger partial charge in [0.1, 0.15) is 0 Å². The van der Waals surface area contributed by atoms with E-state index in [1.165, 1.54) is 36.2 Å². The van der Waals surface area contributed by atoms with Crippen LogP contribution < -0.4 is 5.32 Å². The summed E-state index contributed by atoms with van der Waals surface area (Å²) in [5.74, 6) is -0.00674. The fourth-order valence-corrected chi connectivity index (χ4v) is 3.56. The molecule has 0 spiro atoms. The van der Waals surface area contributed by atoms with E-state index in [1.54, 1.807) is 0 Å². The molecule has 1 aromatic heterocycles. The normalized spacial score (nSPS) is 15.5. The van der Waals surface area contributed by atoms with Crippen LogP contribution in [-0.4, -0.2) is 28.9 Å². The number of amides is 1. The largest absolute Gasteiger partial charge is 0.302 e. The molecule has 1 amide bonds. The Morgan fingerprint density at radius 2 is 1.96 bits per heavy atom. The summed E-state index contributed by atoms with van der Waals surface area (Å²) < 4.78 is 0. The number of nitrogens with one attached hydrogen (secondary N) is 1. The summed E-state index contributed by atoms with van der Waals surface area (Å²) in [4.78, 5) is 19.1. The van der Waals surface area contributed by atoms with Gasteiger partial charge in [-0.1, -0.05) is 36.2 Å². The zero-order valence-corrected chi connectivity index (χ0v) is 14.4. The predicted octanol–water partition coefficient (Wildman–Crippen LogP) is 3.62. The van der Waals surface area contributed by atoms with Gasteiger partial charge in [-0.3, -0.25) is 9.69 Å². The SMILES string of the molecule is Cc1ccc(CC(=O)Nc2nc(CN3CCCCC3)cs2)cc1. The highest BCUT2D eigenvalue weighted by atomic mass is 32.1. The van der Waals surface area contributed by atoms with Crippen molar-refractivity contribution in [3.63, 3.8) is 0 Å². The second-order valence-electron chi connectivity index (χ2n) is 6.19. The van der Waals surface area contributed by atoms with Crippen molar-refractivity contribution >= 4 is 22.4 Å². The van der Waals surface area contributed by atoms with E-state index in [0.717, 1.165) is 30.9 Å². The highest BCUT2D eigenvalue weighted by Gasteiger charge is 2.13. The van der Waals surface area contributed by atoms with E-state index in [9.17, 15) is 4.79 Å². The summed E-state index contributed by atoms with van der Waals surface area (Å²) in [7, 11) is 0. The lowest BCUT2D eigenvalue weighted by Gasteiger charge is -2.25. The van der Waals surface area contributed by atoms with Gasteiger partial charge in [0, 0.05) is 11.9 Å². The van der Waals surface area contributed by atoms with Gasteiger partial charge in [0.2, 0.25) is 5.91 Å². The average Bonchev–Trinajstić information content (AvgIpc) is 2.97. The molecule has 1 aliphatic rings. The molecule has 122 valence electrons. The maximum atomic E-state index is 12.1. The summed E-state index contributed by atoms with van der Waals surface area (Å²) in [5.41, 5.74) is 3.29. The van der Waals surface area contributed by atoms with Crippen molar-refractivity contribution < 1.29 is 4.79 Å². The highest BCUT2D eigenvalue weighted by Crippen LogP contribution is 2.19. The van der Waals surface area contributed by atoms with Gasteiger partial charge < -0.3 is 5.32 Å². The third-order valence-corrected chi connectivity index (χ3v) is 4.92. The molecule has 2 aromatic rings. The molecule has 1 aromatic carbocycles. The van der Waals surface area contributed by atoms with E-state index < -0.39 is 0 Å². The number of likely N-dealkylation sites (tertiary alicyclic amines) is 1. The summed E-state index contributed by atoms with van der Waals surface area (Å²) in [5, 5.41) is 5.67. The third-order valence-electron chi connectivity index (χ3n) is 4.12. The molecule has 0 radical (unpaired) electrons. The number of thiazole rings is 1. The Hall–Kier alpha value is -1.72. The number of aryl methyl sites for hydroxylation is 1. The Bertz CT molecular complexity index is 645. The molecule has 4 nitrogen and oxygen atoms in total. The molecule has 23 heavy (non-hydrogen) atoms. The molecule has 1 aliphatic heterocycles.